The minimum atomic E-state index is -0.450. The first-order valence-corrected chi connectivity index (χ1v) is 7.62. The van der Waals surface area contributed by atoms with Gasteiger partial charge in [-0.3, -0.25) is 15.1 Å². The number of fused-ring (bicyclic) bond motifs is 1. The first-order valence-electron chi connectivity index (χ1n) is 7.62. The van der Waals surface area contributed by atoms with Crippen LogP contribution in [0.5, 0.6) is 5.75 Å². The van der Waals surface area contributed by atoms with Crippen LogP contribution in [-0.2, 0) is 0 Å². The summed E-state index contributed by atoms with van der Waals surface area (Å²) in [6.45, 7) is 1.86. The molecule has 124 valence electrons. The van der Waals surface area contributed by atoms with Gasteiger partial charge in [-0.2, -0.15) is 5.10 Å². The van der Waals surface area contributed by atoms with Crippen LogP contribution in [0.1, 0.15) is 5.69 Å². The van der Waals surface area contributed by atoms with Gasteiger partial charge in [0.05, 0.1) is 42.1 Å². The molecule has 0 aliphatic carbocycles. The molecule has 0 saturated carbocycles. The van der Waals surface area contributed by atoms with Crippen LogP contribution in [0.3, 0.4) is 0 Å². The molecule has 0 aliphatic heterocycles. The number of pyridine rings is 1. The third-order valence-corrected chi connectivity index (χ3v) is 3.93. The van der Waals surface area contributed by atoms with Crippen LogP contribution in [0, 0.1) is 12.7 Å². The van der Waals surface area contributed by atoms with Crippen molar-refractivity contribution in [3.63, 3.8) is 0 Å². The number of nitrogens with zero attached hydrogens (tertiary/aromatic N) is 4. The molecule has 1 aromatic carbocycles. The monoisotopic (exact) mass is 335 g/mol. The van der Waals surface area contributed by atoms with E-state index in [1.807, 2.05) is 13.0 Å². The highest BCUT2D eigenvalue weighted by molar-refractivity contribution is 5.96. The summed E-state index contributed by atoms with van der Waals surface area (Å²) in [6.07, 6.45) is 6.78. The average Bonchev–Trinajstić information content (AvgIpc) is 3.16. The van der Waals surface area contributed by atoms with E-state index in [2.05, 4.69) is 25.1 Å². The Bertz CT molecular complexity index is 1050. The van der Waals surface area contributed by atoms with Gasteiger partial charge in [-0.05, 0) is 19.1 Å². The first kappa shape index (κ1) is 15.2. The zero-order chi connectivity index (χ0) is 17.4. The van der Waals surface area contributed by atoms with Crippen LogP contribution in [0.2, 0.25) is 0 Å². The van der Waals surface area contributed by atoms with Gasteiger partial charge in [0.1, 0.15) is 0 Å². The van der Waals surface area contributed by atoms with Crippen molar-refractivity contribution in [2.75, 3.05) is 7.11 Å². The van der Waals surface area contributed by atoms with Gasteiger partial charge in [0, 0.05) is 35.0 Å². The number of nitrogens with one attached hydrogen (secondary N) is 1. The van der Waals surface area contributed by atoms with Crippen molar-refractivity contribution < 1.29 is 9.13 Å². The second-order valence-corrected chi connectivity index (χ2v) is 5.59. The van der Waals surface area contributed by atoms with Gasteiger partial charge in [0.2, 0.25) is 0 Å². The molecular formula is C18H14FN5O. The molecule has 0 aliphatic rings. The van der Waals surface area contributed by atoms with E-state index in [0.29, 0.717) is 22.3 Å². The lowest BCUT2D eigenvalue weighted by Gasteiger charge is -2.11. The van der Waals surface area contributed by atoms with Crippen molar-refractivity contribution >= 4 is 10.9 Å². The summed E-state index contributed by atoms with van der Waals surface area (Å²) in [5.41, 5.74) is 4.33. The summed E-state index contributed by atoms with van der Waals surface area (Å²) < 4.78 is 19.3. The van der Waals surface area contributed by atoms with E-state index < -0.39 is 5.82 Å². The highest BCUT2D eigenvalue weighted by Crippen LogP contribution is 2.33. The molecule has 0 radical (unpaired) electrons. The zero-order valence-corrected chi connectivity index (χ0v) is 13.6. The normalized spacial score (nSPS) is 11.0. The number of aromatic amines is 1. The van der Waals surface area contributed by atoms with Crippen molar-refractivity contribution in [2.24, 2.45) is 0 Å². The van der Waals surface area contributed by atoms with E-state index in [1.54, 1.807) is 30.9 Å². The van der Waals surface area contributed by atoms with Crippen molar-refractivity contribution in [1.29, 1.82) is 0 Å². The summed E-state index contributed by atoms with van der Waals surface area (Å²) in [6, 6.07) is 4.86. The lowest BCUT2D eigenvalue weighted by atomic mass is 10.0. The Labute approximate surface area is 142 Å². The Balaban J connectivity index is 2.04. The molecule has 0 spiro atoms. The maximum atomic E-state index is 14.2. The van der Waals surface area contributed by atoms with Gasteiger partial charge >= 0.3 is 0 Å². The number of aromatic nitrogens is 5. The van der Waals surface area contributed by atoms with E-state index in [4.69, 9.17) is 4.74 Å². The van der Waals surface area contributed by atoms with Gasteiger partial charge in [0.25, 0.3) is 0 Å². The fourth-order valence-corrected chi connectivity index (χ4v) is 2.67. The fraction of sp³-hybridized carbons (Fsp3) is 0.111. The van der Waals surface area contributed by atoms with Crippen LogP contribution in [0.4, 0.5) is 4.39 Å². The molecule has 4 aromatic rings. The summed E-state index contributed by atoms with van der Waals surface area (Å²) in [4.78, 5) is 13.3. The van der Waals surface area contributed by atoms with Crippen LogP contribution in [0.25, 0.3) is 33.4 Å². The summed E-state index contributed by atoms with van der Waals surface area (Å²) >= 11 is 0. The SMILES string of the molecule is COc1cc2nc(-c3cn[nH]c3)cc(-c3cnc(C)cn3)c2cc1F. The van der Waals surface area contributed by atoms with Gasteiger partial charge in [0.15, 0.2) is 11.6 Å². The molecular weight excluding hydrogens is 321 g/mol. The fourth-order valence-electron chi connectivity index (χ4n) is 2.67. The maximum absolute atomic E-state index is 14.2. The number of hydrogen-bond donors (Lipinski definition) is 1. The van der Waals surface area contributed by atoms with Crippen molar-refractivity contribution in [3.8, 4) is 28.3 Å². The first-order chi connectivity index (χ1) is 12.2. The van der Waals surface area contributed by atoms with Crippen LogP contribution < -0.4 is 4.74 Å². The molecule has 7 heteroatoms. The van der Waals surface area contributed by atoms with Crippen LogP contribution in [-0.4, -0.2) is 32.3 Å². The Hall–Kier alpha value is -3.35. The second-order valence-electron chi connectivity index (χ2n) is 5.59. The number of halogens is 1. The highest BCUT2D eigenvalue weighted by Gasteiger charge is 2.15. The molecule has 0 fully saturated rings. The molecule has 0 bridgehead atoms. The summed E-state index contributed by atoms with van der Waals surface area (Å²) in [7, 11) is 1.43. The lowest BCUT2D eigenvalue weighted by molar-refractivity contribution is 0.387. The smallest absolute Gasteiger partial charge is 0.165 e. The molecule has 0 atom stereocenters. The molecule has 3 heterocycles. The Kier molecular flexibility index (Phi) is 3.61. The Morgan fingerprint density at radius 2 is 1.92 bits per heavy atom. The van der Waals surface area contributed by atoms with Gasteiger partial charge in [-0.25, -0.2) is 9.37 Å². The third-order valence-electron chi connectivity index (χ3n) is 3.93. The number of aryl methyl sites for hydroxylation is 1. The predicted octanol–water partition coefficient (Wildman–Crippen LogP) is 3.54. The maximum Gasteiger partial charge on any atom is 0.165 e. The Morgan fingerprint density at radius 1 is 1.04 bits per heavy atom. The van der Waals surface area contributed by atoms with Gasteiger partial charge in [-0.1, -0.05) is 0 Å². The highest BCUT2D eigenvalue weighted by atomic mass is 19.1. The quantitative estimate of drug-likeness (QED) is 0.620. The molecule has 3 aromatic heterocycles. The van der Waals surface area contributed by atoms with E-state index >= 15 is 0 Å². The molecule has 0 amide bonds. The largest absolute Gasteiger partial charge is 0.494 e. The summed E-state index contributed by atoms with van der Waals surface area (Å²) in [5.74, 6) is -0.306. The molecule has 0 unspecified atom stereocenters. The number of H-pyrrole nitrogens is 1. The van der Waals surface area contributed by atoms with E-state index in [1.165, 1.54) is 13.2 Å². The van der Waals surface area contributed by atoms with Crippen LogP contribution in [0.15, 0.2) is 43.0 Å². The lowest BCUT2D eigenvalue weighted by Crippen LogP contribution is -1.95. The Morgan fingerprint density at radius 3 is 2.60 bits per heavy atom. The number of ether oxygens (including phenoxy) is 1. The van der Waals surface area contributed by atoms with Crippen molar-refractivity contribution in [2.45, 2.75) is 6.92 Å². The molecule has 6 nitrogen and oxygen atoms in total. The van der Waals surface area contributed by atoms with Crippen LogP contribution >= 0.6 is 0 Å². The molecule has 1 N–H and O–H groups in total. The predicted molar refractivity (Wildman–Crippen MR) is 91.6 cm³/mol. The van der Waals surface area contributed by atoms with E-state index in [-0.39, 0.29) is 5.75 Å². The molecule has 4 rings (SSSR count). The number of rotatable bonds is 3. The molecule has 25 heavy (non-hydrogen) atoms. The van der Waals surface area contributed by atoms with Crippen molar-refractivity contribution in [1.82, 2.24) is 25.1 Å². The van der Waals surface area contributed by atoms with E-state index in [9.17, 15) is 4.39 Å². The average molecular weight is 335 g/mol. The van der Waals surface area contributed by atoms with Crippen molar-refractivity contribution in [3.05, 3.63) is 54.5 Å². The van der Waals surface area contributed by atoms with Gasteiger partial charge in [-0.15, -0.1) is 0 Å². The minimum Gasteiger partial charge on any atom is -0.494 e. The molecule has 0 saturated heterocycles. The topological polar surface area (TPSA) is 76.6 Å². The third kappa shape index (κ3) is 2.69. The van der Waals surface area contributed by atoms with Gasteiger partial charge < -0.3 is 4.74 Å². The number of methoxy groups -OCH3 is 1. The van der Waals surface area contributed by atoms with E-state index in [0.717, 1.165) is 16.8 Å². The second kappa shape index (κ2) is 5.94. The number of hydrogen-bond acceptors (Lipinski definition) is 5. The standard InChI is InChI=1S/C18H14FN5O/c1-10-6-21-17(9-20-10)13-4-15(11-7-22-23-8-11)24-16-5-18(25-2)14(19)3-12(13)16/h3-9H,1-2H3,(H,22,23). The zero-order valence-electron chi connectivity index (χ0n) is 13.6. The minimum absolute atomic E-state index is 0.144. The number of benzene rings is 1. The summed E-state index contributed by atoms with van der Waals surface area (Å²) in [5, 5.41) is 7.38.